The molecule has 1 aromatic carbocycles. The van der Waals surface area contributed by atoms with Gasteiger partial charge < -0.3 is 5.11 Å². The molecule has 0 aliphatic carbocycles. The Labute approximate surface area is 80.8 Å². The Bertz CT molecular complexity index is 442. The third-order valence-electron chi connectivity index (χ3n) is 2.00. The van der Waals surface area contributed by atoms with Crippen LogP contribution in [-0.2, 0) is 6.61 Å². The van der Waals surface area contributed by atoms with E-state index in [-0.39, 0.29) is 6.61 Å². The number of hydrogen-bond acceptors (Lipinski definition) is 2. The van der Waals surface area contributed by atoms with Gasteiger partial charge in [0.2, 0.25) is 0 Å². The molecule has 0 amide bonds. The number of aromatic nitrogens is 1. The second-order valence-electron chi connectivity index (χ2n) is 2.78. The van der Waals surface area contributed by atoms with E-state index < -0.39 is 0 Å². The molecule has 1 N–H and O–H groups in total. The van der Waals surface area contributed by atoms with Crippen molar-refractivity contribution in [3.05, 3.63) is 41.2 Å². The molecule has 0 unspecified atom stereocenters. The molecular formula is C10H8ClNO. The predicted octanol–water partition coefficient (Wildman–Crippen LogP) is 2.38. The highest BCUT2D eigenvalue weighted by Crippen LogP contribution is 2.23. The first-order valence-corrected chi connectivity index (χ1v) is 4.33. The molecule has 0 saturated heterocycles. The van der Waals surface area contributed by atoms with Crippen molar-refractivity contribution in [3.8, 4) is 0 Å². The van der Waals surface area contributed by atoms with E-state index in [4.69, 9.17) is 16.7 Å². The van der Waals surface area contributed by atoms with Crippen LogP contribution in [0.2, 0.25) is 5.15 Å². The van der Waals surface area contributed by atoms with E-state index in [0.717, 1.165) is 16.3 Å². The Morgan fingerprint density at radius 2 is 1.92 bits per heavy atom. The highest BCUT2D eigenvalue weighted by atomic mass is 35.5. The van der Waals surface area contributed by atoms with E-state index in [9.17, 15) is 0 Å². The van der Waals surface area contributed by atoms with Crippen molar-refractivity contribution in [1.29, 1.82) is 0 Å². The van der Waals surface area contributed by atoms with Gasteiger partial charge in [-0.25, -0.2) is 4.98 Å². The number of pyridine rings is 1. The van der Waals surface area contributed by atoms with Crippen LogP contribution in [0.25, 0.3) is 10.8 Å². The van der Waals surface area contributed by atoms with E-state index in [1.807, 2.05) is 24.3 Å². The first kappa shape index (κ1) is 8.48. The maximum Gasteiger partial charge on any atom is 0.136 e. The quantitative estimate of drug-likeness (QED) is 0.706. The normalized spacial score (nSPS) is 10.6. The van der Waals surface area contributed by atoms with Crippen LogP contribution in [0.5, 0.6) is 0 Å². The zero-order chi connectivity index (χ0) is 9.26. The van der Waals surface area contributed by atoms with Crippen molar-refractivity contribution in [2.24, 2.45) is 0 Å². The topological polar surface area (TPSA) is 33.1 Å². The zero-order valence-corrected chi connectivity index (χ0v) is 7.62. The molecule has 0 radical (unpaired) electrons. The summed E-state index contributed by atoms with van der Waals surface area (Å²) in [5, 5.41) is 11.4. The van der Waals surface area contributed by atoms with Crippen LogP contribution in [0.1, 0.15) is 5.56 Å². The molecule has 0 bridgehead atoms. The van der Waals surface area contributed by atoms with Crippen molar-refractivity contribution < 1.29 is 5.11 Å². The summed E-state index contributed by atoms with van der Waals surface area (Å²) < 4.78 is 0. The van der Waals surface area contributed by atoms with Gasteiger partial charge >= 0.3 is 0 Å². The lowest BCUT2D eigenvalue weighted by atomic mass is 10.1. The lowest BCUT2D eigenvalue weighted by molar-refractivity contribution is 0.283. The van der Waals surface area contributed by atoms with Gasteiger partial charge in [-0.1, -0.05) is 35.9 Å². The maximum absolute atomic E-state index is 9.04. The van der Waals surface area contributed by atoms with Crippen molar-refractivity contribution >= 4 is 22.4 Å². The number of halogens is 1. The fourth-order valence-corrected chi connectivity index (χ4v) is 1.56. The molecule has 0 saturated carbocycles. The molecule has 66 valence electrons. The third kappa shape index (κ3) is 1.39. The van der Waals surface area contributed by atoms with Crippen molar-refractivity contribution in [3.63, 3.8) is 0 Å². The summed E-state index contributed by atoms with van der Waals surface area (Å²) in [7, 11) is 0. The van der Waals surface area contributed by atoms with Crippen LogP contribution in [0.3, 0.4) is 0 Å². The second kappa shape index (κ2) is 3.32. The monoisotopic (exact) mass is 193 g/mol. The van der Waals surface area contributed by atoms with Gasteiger partial charge in [0.05, 0.1) is 6.61 Å². The Balaban J connectivity index is 2.84. The Morgan fingerprint density at radius 1 is 1.23 bits per heavy atom. The minimum atomic E-state index is -0.00924. The lowest BCUT2D eigenvalue weighted by Gasteiger charge is -2.03. The minimum Gasteiger partial charge on any atom is -0.392 e. The standard InChI is InChI=1S/C10H8ClNO/c11-10-9-4-2-1-3-8(9)7(6-13)5-12-10/h1-5,13H,6H2. The summed E-state index contributed by atoms with van der Waals surface area (Å²) >= 11 is 5.89. The van der Waals surface area contributed by atoms with Gasteiger partial charge in [-0.3, -0.25) is 0 Å². The predicted molar refractivity (Wildman–Crippen MR) is 52.7 cm³/mol. The number of fused-ring (bicyclic) bond motifs is 1. The van der Waals surface area contributed by atoms with E-state index in [1.165, 1.54) is 0 Å². The van der Waals surface area contributed by atoms with Gasteiger partial charge in [0.1, 0.15) is 5.15 Å². The highest BCUT2D eigenvalue weighted by molar-refractivity contribution is 6.34. The largest absolute Gasteiger partial charge is 0.392 e. The maximum atomic E-state index is 9.04. The van der Waals surface area contributed by atoms with E-state index in [1.54, 1.807) is 6.20 Å². The summed E-state index contributed by atoms with van der Waals surface area (Å²) in [4.78, 5) is 3.98. The number of rotatable bonds is 1. The van der Waals surface area contributed by atoms with Gasteiger partial charge in [-0.15, -0.1) is 0 Å². The molecule has 1 heterocycles. The minimum absolute atomic E-state index is 0.00924. The van der Waals surface area contributed by atoms with Crippen LogP contribution in [0.4, 0.5) is 0 Å². The molecule has 3 heteroatoms. The van der Waals surface area contributed by atoms with Gasteiger partial charge in [0.25, 0.3) is 0 Å². The molecule has 13 heavy (non-hydrogen) atoms. The number of aliphatic hydroxyl groups is 1. The third-order valence-corrected chi connectivity index (χ3v) is 2.30. The van der Waals surface area contributed by atoms with Crippen molar-refractivity contribution in [2.45, 2.75) is 6.61 Å². The fourth-order valence-electron chi connectivity index (χ4n) is 1.34. The lowest BCUT2D eigenvalue weighted by Crippen LogP contribution is -1.88. The zero-order valence-electron chi connectivity index (χ0n) is 6.87. The first-order chi connectivity index (χ1) is 6.33. The van der Waals surface area contributed by atoms with Crippen LogP contribution in [-0.4, -0.2) is 10.1 Å². The molecule has 2 rings (SSSR count). The van der Waals surface area contributed by atoms with Gasteiger partial charge in [-0.2, -0.15) is 0 Å². The summed E-state index contributed by atoms with van der Waals surface area (Å²) in [6.45, 7) is -0.00924. The summed E-state index contributed by atoms with van der Waals surface area (Å²) in [6, 6.07) is 7.63. The summed E-state index contributed by atoms with van der Waals surface area (Å²) in [6.07, 6.45) is 1.60. The smallest absolute Gasteiger partial charge is 0.136 e. The van der Waals surface area contributed by atoms with Crippen LogP contribution in [0, 0.1) is 0 Å². The Hall–Kier alpha value is -1.12. The number of benzene rings is 1. The van der Waals surface area contributed by atoms with Gasteiger partial charge in [-0.05, 0) is 5.39 Å². The van der Waals surface area contributed by atoms with Crippen LogP contribution >= 0.6 is 11.6 Å². The van der Waals surface area contributed by atoms with Crippen LogP contribution in [0.15, 0.2) is 30.5 Å². The molecule has 1 aromatic heterocycles. The second-order valence-corrected chi connectivity index (χ2v) is 3.14. The number of aliphatic hydroxyl groups excluding tert-OH is 1. The summed E-state index contributed by atoms with van der Waals surface area (Å²) in [5.41, 5.74) is 0.806. The van der Waals surface area contributed by atoms with Crippen molar-refractivity contribution in [1.82, 2.24) is 4.98 Å². The summed E-state index contributed by atoms with van der Waals surface area (Å²) in [5.74, 6) is 0. The molecule has 2 nitrogen and oxygen atoms in total. The molecule has 0 spiro atoms. The Kier molecular flexibility index (Phi) is 2.17. The van der Waals surface area contributed by atoms with E-state index in [2.05, 4.69) is 4.98 Å². The molecule has 0 aliphatic heterocycles. The molecule has 0 aliphatic rings. The molecule has 2 aromatic rings. The average Bonchev–Trinajstić information content (AvgIpc) is 2.19. The first-order valence-electron chi connectivity index (χ1n) is 3.96. The average molecular weight is 194 g/mol. The number of hydrogen-bond donors (Lipinski definition) is 1. The number of nitrogens with zero attached hydrogens (tertiary/aromatic N) is 1. The van der Waals surface area contributed by atoms with Crippen LogP contribution < -0.4 is 0 Å². The van der Waals surface area contributed by atoms with Gasteiger partial charge in [0.15, 0.2) is 0 Å². The molecule has 0 atom stereocenters. The van der Waals surface area contributed by atoms with Gasteiger partial charge in [0, 0.05) is 17.1 Å². The van der Waals surface area contributed by atoms with E-state index >= 15 is 0 Å². The molecular weight excluding hydrogens is 186 g/mol. The highest BCUT2D eigenvalue weighted by Gasteiger charge is 2.03. The van der Waals surface area contributed by atoms with E-state index in [0.29, 0.717) is 5.15 Å². The SMILES string of the molecule is OCc1cnc(Cl)c2ccccc12. The Morgan fingerprint density at radius 3 is 2.62 bits per heavy atom. The molecule has 0 fully saturated rings. The fraction of sp³-hybridized carbons (Fsp3) is 0.100. The van der Waals surface area contributed by atoms with Crippen molar-refractivity contribution in [2.75, 3.05) is 0 Å².